The Balaban J connectivity index is 3.04. The van der Waals surface area contributed by atoms with Crippen LogP contribution in [0.25, 0.3) is 5.57 Å². The Morgan fingerprint density at radius 3 is 2.59 bits per heavy atom. The van der Waals surface area contributed by atoms with Crippen LogP contribution >= 0.6 is 0 Å². The molecule has 122 valence electrons. The van der Waals surface area contributed by atoms with Gasteiger partial charge in [0, 0.05) is 36.3 Å². The molecule has 0 fully saturated rings. The van der Waals surface area contributed by atoms with Crippen molar-refractivity contribution < 1.29 is 9.53 Å². The fraction of sp³-hybridized carbons (Fsp3) is 0.556. The zero-order valence-corrected chi connectivity index (χ0v) is 14.6. The molecule has 1 heterocycles. The molecule has 0 radical (unpaired) electrons. The van der Waals surface area contributed by atoms with Gasteiger partial charge in [-0.25, -0.2) is 0 Å². The SMILES string of the molecule is CCC/C=C(/C)c1cncc(CC(=O)OC(C)(C)C)c1NC. The predicted octanol–water partition coefficient (Wildman–Crippen LogP) is 4.21. The molecule has 0 spiro atoms. The van der Waals surface area contributed by atoms with E-state index in [1.165, 1.54) is 5.57 Å². The minimum absolute atomic E-state index is 0.218. The highest BCUT2D eigenvalue weighted by atomic mass is 16.6. The van der Waals surface area contributed by atoms with Gasteiger partial charge in [-0.05, 0) is 39.7 Å². The second-order valence-corrected chi connectivity index (χ2v) is 6.41. The van der Waals surface area contributed by atoms with Gasteiger partial charge in [0.2, 0.25) is 0 Å². The van der Waals surface area contributed by atoms with Crippen LogP contribution < -0.4 is 5.32 Å². The zero-order chi connectivity index (χ0) is 16.8. The summed E-state index contributed by atoms with van der Waals surface area (Å²) in [5, 5.41) is 3.20. The number of carbonyl (C=O) groups excluding carboxylic acids is 1. The maximum Gasteiger partial charge on any atom is 0.310 e. The molecule has 0 aliphatic rings. The Kier molecular flexibility index (Phi) is 6.60. The lowest BCUT2D eigenvalue weighted by Crippen LogP contribution is -2.25. The Hall–Kier alpha value is -1.84. The average Bonchev–Trinajstić information content (AvgIpc) is 2.42. The summed E-state index contributed by atoms with van der Waals surface area (Å²) < 4.78 is 5.40. The number of hydrogen-bond acceptors (Lipinski definition) is 4. The van der Waals surface area contributed by atoms with Crippen LogP contribution in [0.3, 0.4) is 0 Å². The largest absolute Gasteiger partial charge is 0.460 e. The molecule has 1 rings (SSSR count). The van der Waals surface area contributed by atoms with Crippen molar-refractivity contribution >= 4 is 17.2 Å². The van der Waals surface area contributed by atoms with Gasteiger partial charge in [0.15, 0.2) is 0 Å². The molecule has 1 aromatic heterocycles. The Labute approximate surface area is 134 Å². The molecule has 0 amide bonds. The van der Waals surface area contributed by atoms with Gasteiger partial charge in [0.25, 0.3) is 0 Å². The van der Waals surface area contributed by atoms with Gasteiger partial charge in [-0.1, -0.05) is 19.4 Å². The number of hydrogen-bond donors (Lipinski definition) is 1. The molecule has 0 saturated heterocycles. The van der Waals surface area contributed by atoms with Crippen molar-refractivity contribution in [3.8, 4) is 0 Å². The smallest absolute Gasteiger partial charge is 0.310 e. The molecule has 0 bridgehead atoms. The third-order valence-corrected chi connectivity index (χ3v) is 3.19. The molecule has 4 nitrogen and oxygen atoms in total. The average molecular weight is 304 g/mol. The van der Waals surface area contributed by atoms with E-state index in [1.807, 2.05) is 34.0 Å². The summed E-state index contributed by atoms with van der Waals surface area (Å²) in [5.74, 6) is -0.238. The number of rotatable bonds is 6. The first-order valence-electron chi connectivity index (χ1n) is 7.82. The Bertz CT molecular complexity index is 543. The van der Waals surface area contributed by atoms with Crippen LogP contribution in [0, 0.1) is 0 Å². The third kappa shape index (κ3) is 5.51. The van der Waals surface area contributed by atoms with E-state index in [0.29, 0.717) is 0 Å². The molecule has 0 saturated carbocycles. The lowest BCUT2D eigenvalue weighted by molar-refractivity contribution is -0.153. The van der Waals surface area contributed by atoms with Crippen LogP contribution in [-0.4, -0.2) is 23.6 Å². The number of pyridine rings is 1. The van der Waals surface area contributed by atoms with Gasteiger partial charge in [-0.15, -0.1) is 0 Å². The monoisotopic (exact) mass is 304 g/mol. The van der Waals surface area contributed by atoms with Crippen molar-refractivity contribution in [3.05, 3.63) is 29.6 Å². The van der Waals surface area contributed by atoms with Crippen molar-refractivity contribution in [2.24, 2.45) is 0 Å². The maximum absolute atomic E-state index is 12.1. The van der Waals surface area contributed by atoms with Crippen molar-refractivity contribution in [2.45, 2.75) is 59.5 Å². The number of nitrogens with one attached hydrogen (secondary N) is 1. The molecule has 4 heteroatoms. The topological polar surface area (TPSA) is 51.2 Å². The third-order valence-electron chi connectivity index (χ3n) is 3.19. The summed E-state index contributed by atoms with van der Waals surface area (Å²) in [7, 11) is 1.87. The molecule has 0 atom stereocenters. The fourth-order valence-corrected chi connectivity index (χ4v) is 2.24. The second kappa shape index (κ2) is 7.97. The summed E-state index contributed by atoms with van der Waals surface area (Å²) in [6.45, 7) is 9.84. The quantitative estimate of drug-likeness (QED) is 0.800. The van der Waals surface area contributed by atoms with Crippen molar-refractivity contribution in [2.75, 3.05) is 12.4 Å². The lowest BCUT2D eigenvalue weighted by Gasteiger charge is -2.20. The fourth-order valence-electron chi connectivity index (χ4n) is 2.24. The minimum atomic E-state index is -0.473. The van der Waals surface area contributed by atoms with Crippen LogP contribution in [0.2, 0.25) is 0 Å². The minimum Gasteiger partial charge on any atom is -0.460 e. The molecule has 0 aromatic carbocycles. The number of nitrogens with zero attached hydrogens (tertiary/aromatic N) is 1. The Morgan fingerprint density at radius 2 is 2.05 bits per heavy atom. The molecular weight excluding hydrogens is 276 g/mol. The summed E-state index contributed by atoms with van der Waals surface area (Å²) in [4.78, 5) is 16.3. The van der Waals surface area contributed by atoms with Gasteiger partial charge in [0.05, 0.1) is 6.42 Å². The summed E-state index contributed by atoms with van der Waals surface area (Å²) in [5.41, 5.74) is 3.55. The second-order valence-electron chi connectivity index (χ2n) is 6.41. The number of unbranched alkanes of at least 4 members (excludes halogenated alkanes) is 1. The van der Waals surface area contributed by atoms with Crippen LogP contribution in [0.5, 0.6) is 0 Å². The van der Waals surface area contributed by atoms with E-state index >= 15 is 0 Å². The zero-order valence-electron chi connectivity index (χ0n) is 14.6. The number of aromatic nitrogens is 1. The lowest BCUT2D eigenvalue weighted by atomic mass is 10.0. The summed E-state index contributed by atoms with van der Waals surface area (Å²) in [6.07, 6.45) is 8.13. The van der Waals surface area contributed by atoms with Gasteiger partial charge < -0.3 is 10.1 Å². The van der Waals surface area contributed by atoms with Gasteiger partial charge in [0.1, 0.15) is 5.60 Å². The van der Waals surface area contributed by atoms with Crippen LogP contribution in [0.15, 0.2) is 18.5 Å². The van der Waals surface area contributed by atoms with E-state index in [2.05, 4.69) is 30.2 Å². The number of carbonyl (C=O) groups is 1. The highest BCUT2D eigenvalue weighted by molar-refractivity contribution is 5.81. The highest BCUT2D eigenvalue weighted by Gasteiger charge is 2.19. The normalized spacial score (nSPS) is 12.2. The summed E-state index contributed by atoms with van der Waals surface area (Å²) >= 11 is 0. The molecule has 1 aromatic rings. The van der Waals surface area contributed by atoms with Crippen LogP contribution in [-0.2, 0) is 16.0 Å². The standard InChI is InChI=1S/C18H28N2O2/c1-7-8-9-13(2)15-12-20-11-14(17(15)19-6)10-16(21)22-18(3,4)5/h9,11-12H,7-8,10H2,1-6H3,(H,19,20)/b13-9-. The van der Waals surface area contributed by atoms with E-state index in [1.54, 1.807) is 6.20 Å². The summed E-state index contributed by atoms with van der Waals surface area (Å²) in [6, 6.07) is 0. The van der Waals surface area contributed by atoms with Gasteiger partial charge >= 0.3 is 5.97 Å². The van der Waals surface area contributed by atoms with Crippen LogP contribution in [0.4, 0.5) is 5.69 Å². The van der Waals surface area contributed by atoms with Crippen molar-refractivity contribution in [3.63, 3.8) is 0 Å². The first-order chi connectivity index (χ1) is 10.3. The van der Waals surface area contributed by atoms with E-state index < -0.39 is 5.60 Å². The van der Waals surface area contributed by atoms with Crippen molar-refractivity contribution in [1.29, 1.82) is 0 Å². The van der Waals surface area contributed by atoms with E-state index in [0.717, 1.165) is 29.7 Å². The van der Waals surface area contributed by atoms with E-state index in [4.69, 9.17) is 4.74 Å². The van der Waals surface area contributed by atoms with Crippen LogP contribution in [0.1, 0.15) is 58.6 Å². The molecule has 1 N–H and O–H groups in total. The first kappa shape index (κ1) is 18.2. The van der Waals surface area contributed by atoms with Crippen molar-refractivity contribution in [1.82, 2.24) is 4.98 Å². The molecule has 0 unspecified atom stereocenters. The molecular formula is C18H28N2O2. The number of anilines is 1. The molecule has 0 aliphatic carbocycles. The van der Waals surface area contributed by atoms with Gasteiger partial charge in [-0.2, -0.15) is 0 Å². The first-order valence-corrected chi connectivity index (χ1v) is 7.82. The number of esters is 1. The maximum atomic E-state index is 12.1. The highest BCUT2D eigenvalue weighted by Crippen LogP contribution is 2.27. The number of allylic oxidation sites excluding steroid dienone is 2. The van der Waals surface area contributed by atoms with E-state index in [9.17, 15) is 4.79 Å². The predicted molar refractivity (Wildman–Crippen MR) is 91.9 cm³/mol. The molecule has 0 aliphatic heterocycles. The van der Waals surface area contributed by atoms with Gasteiger partial charge in [-0.3, -0.25) is 9.78 Å². The number of ether oxygens (including phenoxy) is 1. The Morgan fingerprint density at radius 1 is 1.36 bits per heavy atom. The molecule has 22 heavy (non-hydrogen) atoms. The van der Waals surface area contributed by atoms with E-state index in [-0.39, 0.29) is 12.4 Å².